The van der Waals surface area contributed by atoms with Crippen molar-refractivity contribution in [2.24, 2.45) is 0 Å². The molecule has 0 radical (unpaired) electrons. The van der Waals surface area contributed by atoms with E-state index in [-0.39, 0.29) is 16.4 Å². The molecule has 0 fully saturated rings. The van der Waals surface area contributed by atoms with Crippen molar-refractivity contribution in [3.05, 3.63) is 88.2 Å². The third-order valence-electron chi connectivity index (χ3n) is 4.86. The molecule has 13 heteroatoms. The number of nitrogens with zero attached hydrogens (tertiary/aromatic N) is 5. The van der Waals surface area contributed by atoms with Gasteiger partial charge in [0.15, 0.2) is 5.13 Å². The summed E-state index contributed by atoms with van der Waals surface area (Å²) in [4.78, 5) is 40.8. The average Bonchev–Trinajstić information content (AvgIpc) is 3.56. The standard InChI is InChI=1S/C23H18ClN7O4S/c24-16-7-8-18(31-13-26-29-30-31)15(11-16)6-9-20(32)27-17(10-14-4-2-1-3-5-14)21(33)28-23-25-12-19(36-23)22(34)35/h1-9,11-13,17H,10H2,(H,27,32)(H,34,35)(H,25,28,33)/b9-6+. The van der Waals surface area contributed by atoms with Crippen LogP contribution in [0.15, 0.2) is 67.1 Å². The zero-order chi connectivity index (χ0) is 25.5. The van der Waals surface area contributed by atoms with E-state index < -0.39 is 23.8 Å². The minimum Gasteiger partial charge on any atom is -0.477 e. The van der Waals surface area contributed by atoms with E-state index in [4.69, 9.17) is 16.7 Å². The maximum atomic E-state index is 13.0. The number of anilines is 1. The summed E-state index contributed by atoms with van der Waals surface area (Å²) in [7, 11) is 0. The first-order valence-electron chi connectivity index (χ1n) is 10.4. The molecule has 1 atom stereocenters. The van der Waals surface area contributed by atoms with E-state index in [0.29, 0.717) is 16.3 Å². The second-order valence-electron chi connectivity index (χ2n) is 7.37. The number of hydrogen-bond donors (Lipinski definition) is 3. The van der Waals surface area contributed by atoms with Crippen LogP contribution in [-0.2, 0) is 16.0 Å². The molecule has 2 aromatic heterocycles. The summed E-state index contributed by atoms with van der Waals surface area (Å²) >= 11 is 6.94. The Morgan fingerprint density at radius 1 is 1.17 bits per heavy atom. The van der Waals surface area contributed by atoms with E-state index in [0.717, 1.165) is 23.1 Å². The number of carbonyl (C=O) groups excluding carboxylic acids is 2. The topological polar surface area (TPSA) is 152 Å². The Morgan fingerprint density at radius 2 is 1.97 bits per heavy atom. The van der Waals surface area contributed by atoms with Crippen molar-refractivity contribution in [3.8, 4) is 5.69 Å². The number of benzene rings is 2. The molecule has 3 N–H and O–H groups in total. The smallest absolute Gasteiger partial charge is 0.347 e. The molecular formula is C23H18ClN7O4S. The number of nitrogens with one attached hydrogen (secondary N) is 2. The molecule has 0 aliphatic carbocycles. The van der Waals surface area contributed by atoms with E-state index in [1.807, 2.05) is 30.3 Å². The molecule has 0 saturated heterocycles. The Labute approximate surface area is 213 Å². The number of carboxylic acids is 1. The molecular weight excluding hydrogens is 506 g/mol. The Hall–Kier alpha value is -4.42. The summed E-state index contributed by atoms with van der Waals surface area (Å²) in [5, 5.41) is 26.0. The largest absolute Gasteiger partial charge is 0.477 e. The highest BCUT2D eigenvalue weighted by atomic mass is 35.5. The second kappa shape index (κ2) is 11.3. The molecule has 11 nitrogen and oxygen atoms in total. The molecule has 36 heavy (non-hydrogen) atoms. The molecule has 0 aliphatic rings. The van der Waals surface area contributed by atoms with Gasteiger partial charge in [0.25, 0.3) is 0 Å². The van der Waals surface area contributed by atoms with E-state index in [1.54, 1.807) is 18.2 Å². The Balaban J connectivity index is 1.52. The van der Waals surface area contributed by atoms with Gasteiger partial charge in [0.1, 0.15) is 17.2 Å². The minimum absolute atomic E-state index is 0.0169. The third kappa shape index (κ3) is 6.37. The highest BCUT2D eigenvalue weighted by Gasteiger charge is 2.22. The first kappa shape index (κ1) is 24.7. The van der Waals surface area contributed by atoms with Crippen LogP contribution in [0.3, 0.4) is 0 Å². The summed E-state index contributed by atoms with van der Waals surface area (Å²) in [6.07, 6.45) is 5.58. The lowest BCUT2D eigenvalue weighted by molar-refractivity contribution is -0.123. The summed E-state index contributed by atoms with van der Waals surface area (Å²) in [6, 6.07) is 13.2. The zero-order valence-electron chi connectivity index (χ0n) is 18.4. The lowest BCUT2D eigenvalue weighted by Crippen LogP contribution is -2.44. The van der Waals surface area contributed by atoms with E-state index in [9.17, 15) is 14.4 Å². The highest BCUT2D eigenvalue weighted by Crippen LogP contribution is 2.21. The van der Waals surface area contributed by atoms with Gasteiger partial charge in [0.2, 0.25) is 11.8 Å². The van der Waals surface area contributed by atoms with E-state index in [2.05, 4.69) is 31.1 Å². The summed E-state index contributed by atoms with van der Waals surface area (Å²) in [5.41, 5.74) is 2.01. The molecule has 4 rings (SSSR count). The van der Waals surface area contributed by atoms with Gasteiger partial charge in [-0.1, -0.05) is 53.3 Å². The second-order valence-corrected chi connectivity index (χ2v) is 8.83. The van der Waals surface area contributed by atoms with Crippen LogP contribution in [0.1, 0.15) is 20.8 Å². The summed E-state index contributed by atoms with van der Waals surface area (Å²) in [6.45, 7) is 0. The van der Waals surface area contributed by atoms with Gasteiger partial charge in [-0.05, 0) is 40.3 Å². The van der Waals surface area contributed by atoms with Crippen molar-refractivity contribution in [2.75, 3.05) is 5.32 Å². The average molecular weight is 524 g/mol. The molecule has 0 spiro atoms. The zero-order valence-corrected chi connectivity index (χ0v) is 20.0. The predicted octanol–water partition coefficient (Wildman–Crippen LogP) is 2.85. The van der Waals surface area contributed by atoms with Crippen LogP contribution >= 0.6 is 22.9 Å². The number of rotatable bonds is 9. The number of carbonyl (C=O) groups is 3. The maximum absolute atomic E-state index is 13.0. The van der Waals surface area contributed by atoms with Crippen molar-refractivity contribution < 1.29 is 19.5 Å². The van der Waals surface area contributed by atoms with Crippen LogP contribution < -0.4 is 10.6 Å². The van der Waals surface area contributed by atoms with Gasteiger partial charge in [-0.25, -0.2) is 9.78 Å². The van der Waals surface area contributed by atoms with Crippen molar-refractivity contribution in [1.29, 1.82) is 0 Å². The number of thiazole rings is 1. The number of tetrazole rings is 1. The summed E-state index contributed by atoms with van der Waals surface area (Å²) < 4.78 is 1.43. The van der Waals surface area contributed by atoms with Crippen LogP contribution in [0.5, 0.6) is 0 Å². The van der Waals surface area contributed by atoms with Gasteiger partial charge < -0.3 is 15.7 Å². The highest BCUT2D eigenvalue weighted by molar-refractivity contribution is 7.17. The number of halogens is 1. The van der Waals surface area contributed by atoms with Crippen molar-refractivity contribution in [3.63, 3.8) is 0 Å². The first-order valence-corrected chi connectivity index (χ1v) is 11.6. The molecule has 0 aliphatic heterocycles. The molecule has 0 saturated carbocycles. The maximum Gasteiger partial charge on any atom is 0.347 e. The number of aromatic carboxylic acids is 1. The van der Waals surface area contributed by atoms with Gasteiger partial charge in [0, 0.05) is 23.1 Å². The van der Waals surface area contributed by atoms with Crippen LogP contribution in [0.4, 0.5) is 5.13 Å². The SMILES string of the molecule is O=C(/C=C/c1cc(Cl)ccc1-n1cnnn1)NC(Cc1ccccc1)C(=O)Nc1ncc(C(=O)O)s1. The lowest BCUT2D eigenvalue weighted by atomic mass is 10.1. The van der Waals surface area contributed by atoms with Gasteiger partial charge in [-0.3, -0.25) is 9.59 Å². The van der Waals surface area contributed by atoms with Crippen LogP contribution in [-0.4, -0.2) is 54.1 Å². The Kier molecular flexibility index (Phi) is 7.78. The van der Waals surface area contributed by atoms with Crippen LogP contribution in [0, 0.1) is 0 Å². The minimum atomic E-state index is -1.14. The van der Waals surface area contributed by atoms with Crippen molar-refractivity contribution in [1.82, 2.24) is 30.5 Å². The monoisotopic (exact) mass is 523 g/mol. The van der Waals surface area contributed by atoms with Gasteiger partial charge >= 0.3 is 5.97 Å². The van der Waals surface area contributed by atoms with E-state index >= 15 is 0 Å². The number of carboxylic acid groups (broad SMARTS) is 1. The van der Waals surface area contributed by atoms with Gasteiger partial charge in [0.05, 0.1) is 11.9 Å². The van der Waals surface area contributed by atoms with Gasteiger partial charge in [-0.15, -0.1) is 5.10 Å². The quantitative estimate of drug-likeness (QED) is 0.283. The summed E-state index contributed by atoms with van der Waals surface area (Å²) in [5.74, 6) is -2.21. The Morgan fingerprint density at radius 3 is 2.67 bits per heavy atom. The fraction of sp³-hybridized carbons (Fsp3) is 0.0870. The molecule has 4 aromatic rings. The van der Waals surface area contributed by atoms with E-state index in [1.165, 1.54) is 23.2 Å². The van der Waals surface area contributed by atoms with Crippen LogP contribution in [0.2, 0.25) is 5.02 Å². The molecule has 2 heterocycles. The van der Waals surface area contributed by atoms with Crippen molar-refractivity contribution >= 4 is 51.9 Å². The molecule has 2 aromatic carbocycles. The Bertz CT molecular complexity index is 1410. The lowest BCUT2D eigenvalue weighted by Gasteiger charge is -2.17. The van der Waals surface area contributed by atoms with Crippen molar-refractivity contribution in [2.45, 2.75) is 12.5 Å². The van der Waals surface area contributed by atoms with Crippen LogP contribution in [0.25, 0.3) is 11.8 Å². The first-order chi connectivity index (χ1) is 17.4. The predicted molar refractivity (Wildman–Crippen MR) is 133 cm³/mol. The molecule has 2 amide bonds. The molecule has 182 valence electrons. The fourth-order valence-corrected chi connectivity index (χ4v) is 4.05. The number of aromatic nitrogens is 5. The number of hydrogen-bond acceptors (Lipinski definition) is 8. The number of amides is 2. The van der Waals surface area contributed by atoms with Gasteiger partial charge in [-0.2, -0.15) is 4.68 Å². The third-order valence-corrected chi connectivity index (χ3v) is 6.00. The molecule has 0 bridgehead atoms. The normalized spacial score (nSPS) is 11.8. The fourth-order valence-electron chi connectivity index (χ4n) is 3.21. The molecule has 1 unspecified atom stereocenters.